The monoisotopic (exact) mass is 979 g/mol. The number of Topliss-reactive ketones (excluding diaryl/α,β-unsaturated/α-hetero) is 2. The first-order valence-corrected chi connectivity index (χ1v) is 23.1. The lowest BCUT2D eigenvalue weighted by Gasteiger charge is -2.14. The molecule has 8 N–H and O–H groups in total. The number of aromatic carboxylic acids is 2. The molecule has 2 aliphatic carbocycles. The van der Waals surface area contributed by atoms with Crippen molar-refractivity contribution in [2.45, 2.75) is 65.2 Å². The molecule has 0 saturated heterocycles. The van der Waals surface area contributed by atoms with Crippen LogP contribution in [0.2, 0.25) is 0 Å². The molecular formula is C45H45N11O11S2. The van der Waals surface area contributed by atoms with Crippen molar-refractivity contribution in [1.29, 1.82) is 0 Å². The normalized spacial score (nSPS) is 13.4. The number of aryl methyl sites for hydroxylation is 3. The predicted molar refractivity (Wildman–Crippen MR) is 254 cm³/mol. The Morgan fingerprint density at radius 2 is 1.09 bits per heavy atom. The summed E-state index contributed by atoms with van der Waals surface area (Å²) in [5.74, 6) is -3.60. The zero-order valence-corrected chi connectivity index (χ0v) is 38.8. The summed E-state index contributed by atoms with van der Waals surface area (Å²) in [4.78, 5) is 114. The minimum absolute atomic E-state index is 0.0225. The Balaban J connectivity index is 0.000000204. The molecule has 0 atom stereocenters. The zero-order valence-electron chi connectivity index (χ0n) is 37.2. The van der Waals surface area contributed by atoms with Gasteiger partial charge in [-0.15, -0.1) is 0 Å². The Labute approximate surface area is 400 Å². The maximum Gasteiger partial charge on any atom is 0.357 e. The molecule has 4 heterocycles. The second-order valence-corrected chi connectivity index (χ2v) is 18.2. The molecule has 0 radical (unpaired) electrons. The van der Waals surface area contributed by atoms with Gasteiger partial charge >= 0.3 is 30.0 Å². The fourth-order valence-electron chi connectivity index (χ4n) is 7.57. The number of imidazole rings is 1. The van der Waals surface area contributed by atoms with Crippen LogP contribution < -0.4 is 31.9 Å². The number of rotatable bonds is 14. The largest absolute Gasteiger partial charge is 0.476 e. The number of aromatic nitrogens is 5. The van der Waals surface area contributed by atoms with E-state index in [1.165, 1.54) is 23.2 Å². The molecule has 6 amide bonds. The number of nitrogens with zero attached hydrogens (tertiary/aromatic N) is 5. The van der Waals surface area contributed by atoms with E-state index in [0.29, 0.717) is 22.5 Å². The average Bonchev–Trinajstić information content (AvgIpc) is 4.17. The summed E-state index contributed by atoms with van der Waals surface area (Å²) in [6.07, 6.45) is 12.3. The van der Waals surface area contributed by atoms with Crippen LogP contribution in [-0.2, 0) is 7.05 Å². The quantitative estimate of drug-likeness (QED) is 0.0474. The van der Waals surface area contributed by atoms with E-state index in [-0.39, 0.29) is 66.8 Å². The van der Waals surface area contributed by atoms with Gasteiger partial charge in [0.25, 0.3) is 11.8 Å². The highest BCUT2D eigenvalue weighted by Gasteiger charge is 2.28. The highest BCUT2D eigenvalue weighted by Crippen LogP contribution is 2.33. The van der Waals surface area contributed by atoms with Gasteiger partial charge in [0, 0.05) is 36.2 Å². The molecule has 6 aromatic rings. The molecule has 22 nitrogen and oxygen atoms in total. The van der Waals surface area contributed by atoms with E-state index in [2.05, 4.69) is 51.8 Å². The Morgan fingerprint density at radius 1 is 0.623 bits per heavy atom. The van der Waals surface area contributed by atoms with Gasteiger partial charge in [0.05, 0.1) is 23.8 Å². The molecule has 2 aliphatic rings. The number of ketones is 2. The number of anilines is 6. The number of nitrogens with one attached hydrogen (secondary N) is 6. The highest BCUT2D eigenvalue weighted by atomic mass is 32.1. The maximum absolute atomic E-state index is 13.0. The maximum atomic E-state index is 13.0. The topological polar surface area (TPSA) is 319 Å². The van der Waals surface area contributed by atoms with Crippen molar-refractivity contribution in [2.75, 3.05) is 31.9 Å². The Kier molecular flexibility index (Phi) is 15.3. The van der Waals surface area contributed by atoms with E-state index < -0.39 is 35.8 Å². The molecule has 8 rings (SSSR count). The van der Waals surface area contributed by atoms with Crippen LogP contribution in [0.3, 0.4) is 0 Å². The van der Waals surface area contributed by atoms with Gasteiger partial charge in [0.15, 0.2) is 33.2 Å². The van der Waals surface area contributed by atoms with Crippen LogP contribution >= 0.6 is 22.7 Å². The van der Waals surface area contributed by atoms with E-state index in [4.69, 9.17) is 14.6 Å². The van der Waals surface area contributed by atoms with Crippen molar-refractivity contribution in [2.24, 2.45) is 18.9 Å². The number of thiazole rings is 2. The van der Waals surface area contributed by atoms with Gasteiger partial charge in [-0.3, -0.25) is 40.4 Å². The van der Waals surface area contributed by atoms with Gasteiger partial charge in [-0.2, -0.15) is 4.98 Å². The lowest BCUT2D eigenvalue weighted by Crippen LogP contribution is -2.22. The van der Waals surface area contributed by atoms with Crippen LogP contribution in [0, 0.1) is 25.7 Å². The number of hydrogen-bond acceptors (Lipinski definition) is 15. The van der Waals surface area contributed by atoms with Crippen molar-refractivity contribution in [3.63, 3.8) is 0 Å². The first-order valence-electron chi connectivity index (χ1n) is 21.5. The average molecular weight is 980 g/mol. The third-order valence-electron chi connectivity index (χ3n) is 11.0. The van der Waals surface area contributed by atoms with Gasteiger partial charge in [-0.25, -0.2) is 34.1 Å². The molecule has 0 spiro atoms. The Hall–Kier alpha value is -8.12. The second-order valence-electron chi connectivity index (χ2n) is 16.1. The predicted octanol–water partition coefficient (Wildman–Crippen LogP) is 8.56. The molecular weight excluding hydrogens is 935 g/mol. The molecule has 358 valence electrons. The number of carboxylic acid groups (broad SMARTS) is 2. The molecule has 0 unspecified atom stereocenters. The van der Waals surface area contributed by atoms with Crippen LogP contribution in [-0.4, -0.2) is 82.1 Å². The first-order chi connectivity index (χ1) is 33.0. The fourth-order valence-corrected chi connectivity index (χ4v) is 8.98. The number of amides is 6. The summed E-state index contributed by atoms with van der Waals surface area (Å²) in [5.41, 5.74) is 3.10. The van der Waals surface area contributed by atoms with Crippen LogP contribution in [0.15, 0.2) is 65.7 Å². The number of benzene rings is 2. The SMILES string of the molecule is Cc1ccc(NC(=O)Nc2ncc(C(=O)Nc3nc(C(=O)O)cn3C)s2)c(C(=O)C2CCCC2)c1.Cc1ccc(NC(=O)Nc2ncc(C(=O)Nc3nc(C(=O)O)co3)s2)c(C(=O)C2CCCC2)c1. The second kappa shape index (κ2) is 21.7. The summed E-state index contributed by atoms with van der Waals surface area (Å²) in [5, 5.41) is 33.6. The van der Waals surface area contributed by atoms with E-state index in [9.17, 15) is 38.4 Å². The van der Waals surface area contributed by atoms with Gasteiger partial charge in [-0.05, 0) is 63.8 Å². The molecule has 2 aromatic carbocycles. The number of oxazole rings is 1. The molecule has 69 heavy (non-hydrogen) atoms. The van der Waals surface area contributed by atoms with Crippen LogP contribution in [0.25, 0.3) is 0 Å². The van der Waals surface area contributed by atoms with Crippen molar-refractivity contribution in [3.05, 3.63) is 105 Å². The van der Waals surface area contributed by atoms with E-state index >= 15 is 0 Å². The Bertz CT molecular complexity index is 2960. The molecule has 24 heteroatoms. The number of carbonyl (C=O) groups excluding carboxylic acids is 6. The van der Waals surface area contributed by atoms with Crippen molar-refractivity contribution < 1.29 is 53.0 Å². The number of hydrogen-bond donors (Lipinski definition) is 8. The standard InChI is InChI=1S/C23H24N6O5S.C22H21N5O6S/c1-12-7-8-15(14(9-12)18(30)13-5-3-4-6-13)26-22(34)28-23-24-10-17(35-23)19(31)27-21-25-16(20(32)33)11-29(21)2;1-11-6-7-14(13(8-11)17(28)12-4-2-3-5-12)24-20(32)27-22-23-9-16(34-22)18(29)26-21-25-15(10-33-21)19(30)31/h7-11,13H,3-6H2,1-2H3,(H,32,33)(H,25,27,31)(H2,24,26,28,34);6-10,12H,2-5H2,1H3,(H,30,31)(H,25,26,29)(H2,23,24,27,32). The number of carboxylic acids is 2. The minimum atomic E-state index is -1.29. The van der Waals surface area contributed by atoms with Crippen LogP contribution in [0.4, 0.5) is 43.2 Å². The first kappa shape index (κ1) is 48.8. The fraction of sp³-hybridized carbons (Fsp3) is 0.289. The van der Waals surface area contributed by atoms with Crippen molar-refractivity contribution >= 4 is 104 Å². The smallest absolute Gasteiger partial charge is 0.357 e. The molecule has 0 bridgehead atoms. The number of urea groups is 2. The van der Waals surface area contributed by atoms with Crippen LogP contribution in [0.5, 0.6) is 0 Å². The highest BCUT2D eigenvalue weighted by molar-refractivity contribution is 7.18. The summed E-state index contributed by atoms with van der Waals surface area (Å²) >= 11 is 1.83. The Morgan fingerprint density at radius 3 is 1.52 bits per heavy atom. The van der Waals surface area contributed by atoms with Crippen molar-refractivity contribution in [1.82, 2.24) is 24.5 Å². The van der Waals surface area contributed by atoms with E-state index in [1.807, 2.05) is 26.0 Å². The van der Waals surface area contributed by atoms with Gasteiger partial charge in [-0.1, -0.05) is 71.6 Å². The van der Waals surface area contributed by atoms with Gasteiger partial charge in [0.2, 0.25) is 5.95 Å². The third kappa shape index (κ3) is 12.5. The molecule has 0 aliphatic heterocycles. The molecule has 2 fully saturated rings. The molecule has 4 aromatic heterocycles. The molecule has 2 saturated carbocycles. The number of carbonyl (C=O) groups is 8. The summed E-state index contributed by atoms with van der Waals surface area (Å²) < 4.78 is 6.26. The minimum Gasteiger partial charge on any atom is -0.476 e. The van der Waals surface area contributed by atoms with Gasteiger partial charge in [0.1, 0.15) is 16.0 Å². The third-order valence-corrected chi connectivity index (χ3v) is 12.8. The van der Waals surface area contributed by atoms with E-state index in [0.717, 1.165) is 91.4 Å². The summed E-state index contributed by atoms with van der Waals surface area (Å²) in [6, 6.07) is 9.12. The van der Waals surface area contributed by atoms with Crippen LogP contribution in [0.1, 0.15) is 124 Å². The van der Waals surface area contributed by atoms with Crippen molar-refractivity contribution in [3.8, 4) is 0 Å². The summed E-state index contributed by atoms with van der Waals surface area (Å²) in [7, 11) is 1.55. The van der Waals surface area contributed by atoms with E-state index in [1.54, 1.807) is 31.3 Å². The lowest BCUT2D eigenvalue weighted by atomic mass is 9.94. The van der Waals surface area contributed by atoms with Gasteiger partial charge < -0.3 is 29.8 Å². The zero-order chi connectivity index (χ0) is 49.4. The summed E-state index contributed by atoms with van der Waals surface area (Å²) in [6.45, 7) is 3.78. The lowest BCUT2D eigenvalue weighted by molar-refractivity contribution is 0.0680.